The molecule has 0 aliphatic carbocycles. The highest BCUT2D eigenvalue weighted by Crippen LogP contribution is 2.27. The number of hydrogen-bond acceptors (Lipinski definition) is 3. The fraction of sp³-hybridized carbons (Fsp3) is 0.533. The zero-order chi connectivity index (χ0) is 15.6. The molecule has 8 heteroatoms. The highest BCUT2D eigenvalue weighted by atomic mass is 127. The predicted molar refractivity (Wildman–Crippen MR) is 104 cm³/mol. The Bertz CT molecular complexity index is 678. The standard InChI is InChI=1S/C15H22N4O2S.HI/c1-16-15(17-8-11-18-9-4-12-22(18,20)21)19-10-7-13-5-2-3-6-14(13)19;/h2-3,5-6H,4,7-12H2,1H3,(H,16,17);1H. The zero-order valence-electron chi connectivity index (χ0n) is 13.2. The second-order valence-corrected chi connectivity index (χ2v) is 7.66. The number of para-hydroxylation sites is 1. The van der Waals surface area contributed by atoms with Crippen LogP contribution in [-0.4, -0.2) is 57.7 Å². The van der Waals surface area contributed by atoms with Crippen LogP contribution in [0.3, 0.4) is 0 Å². The van der Waals surface area contributed by atoms with Gasteiger partial charge in [-0.1, -0.05) is 18.2 Å². The van der Waals surface area contributed by atoms with Gasteiger partial charge < -0.3 is 10.2 Å². The molecule has 0 unspecified atom stereocenters. The van der Waals surface area contributed by atoms with Gasteiger partial charge in [0.1, 0.15) is 0 Å². The quantitative estimate of drug-likeness (QED) is 0.428. The Kier molecular flexibility index (Phi) is 6.26. The molecule has 23 heavy (non-hydrogen) atoms. The average molecular weight is 450 g/mol. The summed E-state index contributed by atoms with van der Waals surface area (Å²) in [4.78, 5) is 6.49. The molecule has 1 aromatic rings. The summed E-state index contributed by atoms with van der Waals surface area (Å²) >= 11 is 0. The number of fused-ring (bicyclic) bond motifs is 1. The molecule has 1 saturated heterocycles. The first-order chi connectivity index (χ1) is 10.6. The minimum Gasteiger partial charge on any atom is -0.355 e. The molecule has 6 nitrogen and oxygen atoms in total. The van der Waals surface area contributed by atoms with Crippen molar-refractivity contribution in [3.05, 3.63) is 29.8 Å². The first-order valence-corrected chi connectivity index (χ1v) is 9.26. The molecule has 0 saturated carbocycles. The van der Waals surface area contributed by atoms with Crippen molar-refractivity contribution in [1.29, 1.82) is 0 Å². The van der Waals surface area contributed by atoms with Gasteiger partial charge in [0.15, 0.2) is 5.96 Å². The van der Waals surface area contributed by atoms with Crippen LogP contribution in [0.15, 0.2) is 29.3 Å². The van der Waals surface area contributed by atoms with Crippen molar-refractivity contribution in [1.82, 2.24) is 9.62 Å². The normalized spacial score (nSPS) is 20.2. The number of hydrogen-bond donors (Lipinski definition) is 1. The molecule has 1 N–H and O–H groups in total. The van der Waals surface area contributed by atoms with E-state index >= 15 is 0 Å². The van der Waals surface area contributed by atoms with E-state index in [0.717, 1.165) is 25.3 Å². The fourth-order valence-electron chi connectivity index (χ4n) is 3.09. The molecule has 0 atom stereocenters. The first kappa shape index (κ1) is 18.5. The van der Waals surface area contributed by atoms with E-state index in [1.165, 1.54) is 11.3 Å². The lowest BCUT2D eigenvalue weighted by Crippen LogP contribution is -2.44. The Morgan fingerprint density at radius 2 is 2.09 bits per heavy atom. The Labute approximate surface area is 155 Å². The van der Waals surface area contributed by atoms with Crippen LogP contribution in [0.25, 0.3) is 0 Å². The number of sulfonamides is 1. The fourth-order valence-corrected chi connectivity index (χ4v) is 4.62. The van der Waals surface area contributed by atoms with Crippen molar-refractivity contribution < 1.29 is 8.42 Å². The maximum absolute atomic E-state index is 11.8. The van der Waals surface area contributed by atoms with Crippen LogP contribution in [0.5, 0.6) is 0 Å². The lowest BCUT2D eigenvalue weighted by molar-refractivity contribution is 0.445. The predicted octanol–water partition coefficient (Wildman–Crippen LogP) is 1.28. The third-order valence-corrected chi connectivity index (χ3v) is 6.16. The van der Waals surface area contributed by atoms with Gasteiger partial charge in [0.05, 0.1) is 5.75 Å². The highest BCUT2D eigenvalue weighted by Gasteiger charge is 2.28. The van der Waals surface area contributed by atoms with Gasteiger partial charge in [-0.05, 0) is 24.5 Å². The van der Waals surface area contributed by atoms with Crippen molar-refractivity contribution in [3.8, 4) is 0 Å². The molecule has 128 valence electrons. The van der Waals surface area contributed by atoms with Crippen LogP contribution in [0.4, 0.5) is 5.69 Å². The number of rotatable bonds is 3. The third-order valence-electron chi connectivity index (χ3n) is 4.20. The van der Waals surface area contributed by atoms with E-state index in [1.54, 1.807) is 11.4 Å². The summed E-state index contributed by atoms with van der Waals surface area (Å²) in [6.45, 7) is 2.61. The molecule has 2 aliphatic rings. The molecule has 2 heterocycles. The number of halogens is 1. The van der Waals surface area contributed by atoms with E-state index in [9.17, 15) is 8.42 Å². The van der Waals surface area contributed by atoms with Crippen LogP contribution in [0.1, 0.15) is 12.0 Å². The van der Waals surface area contributed by atoms with E-state index in [4.69, 9.17) is 0 Å². The largest absolute Gasteiger partial charge is 0.355 e. The van der Waals surface area contributed by atoms with Gasteiger partial charge in [-0.15, -0.1) is 24.0 Å². The van der Waals surface area contributed by atoms with Gasteiger partial charge >= 0.3 is 0 Å². The Morgan fingerprint density at radius 1 is 1.30 bits per heavy atom. The summed E-state index contributed by atoms with van der Waals surface area (Å²) in [5, 5.41) is 3.29. The molecule has 3 rings (SSSR count). The van der Waals surface area contributed by atoms with E-state index in [-0.39, 0.29) is 29.7 Å². The van der Waals surface area contributed by atoms with E-state index in [2.05, 4.69) is 33.4 Å². The molecule has 0 bridgehead atoms. The average Bonchev–Trinajstić information content (AvgIpc) is 3.07. The second kappa shape index (κ2) is 7.80. The van der Waals surface area contributed by atoms with Gasteiger partial charge in [0.25, 0.3) is 0 Å². The molecule has 1 aromatic carbocycles. The van der Waals surface area contributed by atoms with Gasteiger partial charge in [0.2, 0.25) is 10.0 Å². The highest BCUT2D eigenvalue weighted by molar-refractivity contribution is 14.0. The number of anilines is 1. The Balaban J connectivity index is 0.00000192. The lowest BCUT2D eigenvalue weighted by Gasteiger charge is -2.23. The number of aliphatic imine (C=N–C) groups is 1. The molecular formula is C15H23IN4O2S. The maximum Gasteiger partial charge on any atom is 0.214 e. The summed E-state index contributed by atoms with van der Waals surface area (Å²) in [7, 11) is -1.26. The molecule has 0 aromatic heterocycles. The van der Waals surface area contributed by atoms with Gasteiger partial charge in [-0.25, -0.2) is 12.7 Å². The molecule has 0 amide bonds. The first-order valence-electron chi connectivity index (χ1n) is 7.66. The number of guanidine groups is 1. The molecule has 2 aliphatic heterocycles. The Hall–Kier alpha value is -0.870. The van der Waals surface area contributed by atoms with Crippen LogP contribution in [0, 0.1) is 0 Å². The van der Waals surface area contributed by atoms with Crippen LogP contribution in [0.2, 0.25) is 0 Å². The number of benzene rings is 1. The maximum atomic E-state index is 11.8. The summed E-state index contributed by atoms with van der Waals surface area (Å²) in [5.74, 6) is 1.09. The third kappa shape index (κ3) is 3.97. The van der Waals surface area contributed by atoms with Gasteiger partial charge in [-0.2, -0.15) is 0 Å². The summed E-state index contributed by atoms with van der Waals surface area (Å²) in [6, 6.07) is 8.32. The summed E-state index contributed by atoms with van der Waals surface area (Å²) < 4.78 is 25.1. The minimum absolute atomic E-state index is 0. The zero-order valence-corrected chi connectivity index (χ0v) is 16.4. The SMILES string of the molecule is CN=C(NCCN1CCCS1(=O)=O)N1CCc2ccccc21.I. The van der Waals surface area contributed by atoms with Crippen molar-refractivity contribution in [2.75, 3.05) is 43.9 Å². The molecule has 0 spiro atoms. The van der Waals surface area contributed by atoms with Crippen LogP contribution >= 0.6 is 24.0 Å². The molecular weight excluding hydrogens is 427 g/mol. The van der Waals surface area contributed by atoms with Crippen molar-refractivity contribution in [2.45, 2.75) is 12.8 Å². The lowest BCUT2D eigenvalue weighted by atomic mass is 10.2. The van der Waals surface area contributed by atoms with E-state index in [0.29, 0.717) is 19.6 Å². The number of nitrogens with zero attached hydrogens (tertiary/aromatic N) is 3. The van der Waals surface area contributed by atoms with Crippen molar-refractivity contribution in [2.24, 2.45) is 4.99 Å². The summed E-state index contributed by atoms with van der Waals surface area (Å²) in [6.07, 6.45) is 1.74. The van der Waals surface area contributed by atoms with E-state index in [1.807, 2.05) is 6.07 Å². The van der Waals surface area contributed by atoms with Crippen LogP contribution in [-0.2, 0) is 16.4 Å². The van der Waals surface area contributed by atoms with Gasteiger partial charge in [0, 0.05) is 38.9 Å². The number of nitrogens with one attached hydrogen (secondary N) is 1. The topological polar surface area (TPSA) is 65.0 Å². The van der Waals surface area contributed by atoms with Crippen molar-refractivity contribution in [3.63, 3.8) is 0 Å². The Morgan fingerprint density at radius 3 is 2.78 bits per heavy atom. The van der Waals surface area contributed by atoms with Crippen molar-refractivity contribution >= 4 is 45.6 Å². The smallest absolute Gasteiger partial charge is 0.214 e. The summed E-state index contributed by atoms with van der Waals surface area (Å²) in [5.41, 5.74) is 2.51. The van der Waals surface area contributed by atoms with E-state index < -0.39 is 10.0 Å². The molecule has 0 radical (unpaired) electrons. The second-order valence-electron chi connectivity index (χ2n) is 5.57. The minimum atomic E-state index is -3.02. The van der Waals surface area contributed by atoms with Crippen LogP contribution < -0.4 is 10.2 Å². The monoisotopic (exact) mass is 450 g/mol. The van der Waals surface area contributed by atoms with Gasteiger partial charge in [-0.3, -0.25) is 4.99 Å². The molecule has 1 fully saturated rings.